The number of benzene rings is 4. The number of amides is 2. The first-order chi connectivity index (χ1) is 16.5. The van der Waals surface area contributed by atoms with Crippen LogP contribution in [0, 0.1) is 13.8 Å². The number of carbonyl (C=O) groups excluding carboxylic acids is 2. The third-order valence-corrected chi connectivity index (χ3v) is 6.33. The summed E-state index contributed by atoms with van der Waals surface area (Å²) in [6.45, 7) is 3.89. The van der Waals surface area contributed by atoms with E-state index in [4.69, 9.17) is 4.74 Å². The number of aryl methyl sites for hydroxylation is 1. The summed E-state index contributed by atoms with van der Waals surface area (Å²) < 4.78 is 5.55. The Morgan fingerprint density at radius 3 is 2.29 bits per heavy atom. The molecule has 0 saturated carbocycles. The van der Waals surface area contributed by atoms with Gasteiger partial charge in [-0.05, 0) is 48.6 Å². The number of hydrogen-bond donors (Lipinski definition) is 1. The van der Waals surface area contributed by atoms with E-state index in [1.165, 1.54) is 4.90 Å². The highest BCUT2D eigenvalue weighted by molar-refractivity contribution is 6.46. The van der Waals surface area contributed by atoms with E-state index in [2.05, 4.69) is 5.32 Å². The molecule has 0 atom stereocenters. The van der Waals surface area contributed by atoms with Crippen molar-refractivity contribution in [2.45, 2.75) is 13.8 Å². The van der Waals surface area contributed by atoms with Crippen molar-refractivity contribution in [2.24, 2.45) is 0 Å². The van der Waals surface area contributed by atoms with Crippen LogP contribution in [0.1, 0.15) is 16.7 Å². The van der Waals surface area contributed by atoms with Gasteiger partial charge in [0.1, 0.15) is 11.4 Å². The van der Waals surface area contributed by atoms with Crippen molar-refractivity contribution in [3.05, 3.63) is 107 Å². The minimum Gasteiger partial charge on any atom is -0.496 e. The average Bonchev–Trinajstić information content (AvgIpc) is 3.10. The van der Waals surface area contributed by atoms with Crippen molar-refractivity contribution in [2.75, 3.05) is 17.3 Å². The number of carbonyl (C=O) groups is 2. The molecule has 0 radical (unpaired) electrons. The van der Waals surface area contributed by atoms with Gasteiger partial charge < -0.3 is 10.1 Å². The van der Waals surface area contributed by atoms with E-state index in [0.717, 1.165) is 27.6 Å². The van der Waals surface area contributed by atoms with Crippen LogP contribution < -0.4 is 15.0 Å². The fraction of sp³-hybridized carbons (Fsp3) is 0.103. The number of anilines is 2. The first-order valence-electron chi connectivity index (χ1n) is 11.1. The normalized spacial score (nSPS) is 13.7. The number of nitrogens with one attached hydrogen (secondary N) is 1. The Morgan fingerprint density at radius 1 is 0.765 bits per heavy atom. The number of hydrogen-bond acceptors (Lipinski definition) is 4. The molecule has 1 aliphatic rings. The summed E-state index contributed by atoms with van der Waals surface area (Å²) in [5.74, 6) is -0.253. The highest BCUT2D eigenvalue weighted by atomic mass is 16.5. The van der Waals surface area contributed by atoms with Crippen LogP contribution in [-0.4, -0.2) is 18.9 Å². The zero-order valence-corrected chi connectivity index (χ0v) is 19.3. The maximum atomic E-state index is 13.9. The van der Waals surface area contributed by atoms with E-state index in [9.17, 15) is 9.59 Å². The molecule has 1 aliphatic heterocycles. The summed E-state index contributed by atoms with van der Waals surface area (Å²) in [6.07, 6.45) is 0. The molecule has 2 amide bonds. The highest BCUT2D eigenvalue weighted by Crippen LogP contribution is 2.39. The Kier molecular flexibility index (Phi) is 5.38. The van der Waals surface area contributed by atoms with Crippen LogP contribution in [0.15, 0.2) is 90.6 Å². The Morgan fingerprint density at radius 2 is 1.47 bits per heavy atom. The van der Waals surface area contributed by atoms with Gasteiger partial charge in [0.2, 0.25) is 0 Å². The quantitative estimate of drug-likeness (QED) is 0.389. The zero-order valence-electron chi connectivity index (χ0n) is 19.3. The second kappa shape index (κ2) is 8.52. The summed E-state index contributed by atoms with van der Waals surface area (Å²) in [6, 6.07) is 26.7. The summed E-state index contributed by atoms with van der Waals surface area (Å²) in [5.41, 5.74) is 4.31. The Bertz CT molecular complexity index is 1480. The average molecular weight is 449 g/mol. The van der Waals surface area contributed by atoms with E-state index in [-0.39, 0.29) is 17.2 Å². The van der Waals surface area contributed by atoms with Gasteiger partial charge in [0, 0.05) is 16.6 Å². The topological polar surface area (TPSA) is 58.6 Å². The first-order valence-corrected chi connectivity index (χ1v) is 11.1. The molecule has 0 aromatic heterocycles. The van der Waals surface area contributed by atoms with Crippen molar-refractivity contribution in [1.82, 2.24) is 0 Å². The van der Waals surface area contributed by atoms with Crippen molar-refractivity contribution >= 4 is 39.5 Å². The predicted octanol–water partition coefficient (Wildman–Crippen LogP) is 5.86. The lowest BCUT2D eigenvalue weighted by Crippen LogP contribution is -2.33. The molecule has 0 fully saturated rings. The second-order valence-corrected chi connectivity index (χ2v) is 8.27. The molecular formula is C29H24N2O3. The molecular weight excluding hydrogens is 424 g/mol. The molecule has 1 heterocycles. The maximum absolute atomic E-state index is 13.9. The van der Waals surface area contributed by atoms with Gasteiger partial charge in [0.05, 0.1) is 18.4 Å². The number of methoxy groups -OCH3 is 1. The van der Waals surface area contributed by atoms with Gasteiger partial charge in [-0.1, -0.05) is 66.7 Å². The molecule has 0 unspecified atom stereocenters. The van der Waals surface area contributed by atoms with Crippen LogP contribution in [0.4, 0.5) is 11.4 Å². The smallest absolute Gasteiger partial charge is 0.282 e. The van der Waals surface area contributed by atoms with Gasteiger partial charge >= 0.3 is 0 Å². The number of nitrogens with zero attached hydrogens (tertiary/aromatic N) is 1. The number of para-hydroxylation sites is 1. The lowest BCUT2D eigenvalue weighted by atomic mass is 10.0. The van der Waals surface area contributed by atoms with Crippen LogP contribution in [0.5, 0.6) is 5.75 Å². The van der Waals surface area contributed by atoms with Gasteiger partial charge in [0.15, 0.2) is 0 Å². The van der Waals surface area contributed by atoms with Gasteiger partial charge in [-0.15, -0.1) is 0 Å². The Balaban J connectivity index is 1.71. The first kappa shape index (κ1) is 21.5. The molecule has 0 saturated heterocycles. The summed E-state index contributed by atoms with van der Waals surface area (Å²) in [7, 11) is 1.56. The lowest BCUT2D eigenvalue weighted by molar-refractivity contribution is -0.120. The van der Waals surface area contributed by atoms with Gasteiger partial charge in [-0.2, -0.15) is 0 Å². The summed E-state index contributed by atoms with van der Waals surface area (Å²) >= 11 is 0. The minimum atomic E-state index is -0.396. The molecule has 34 heavy (non-hydrogen) atoms. The molecule has 5 rings (SSSR count). The molecule has 4 aromatic rings. The Labute approximate surface area is 198 Å². The largest absolute Gasteiger partial charge is 0.496 e. The number of imide groups is 1. The fourth-order valence-electron chi connectivity index (χ4n) is 4.41. The Hall–Kier alpha value is -4.38. The molecule has 5 heteroatoms. The number of ether oxygens (including phenoxy) is 1. The van der Waals surface area contributed by atoms with E-state index in [1.807, 2.05) is 80.6 Å². The predicted molar refractivity (Wildman–Crippen MR) is 136 cm³/mol. The molecule has 0 bridgehead atoms. The molecule has 168 valence electrons. The van der Waals surface area contributed by atoms with E-state index >= 15 is 0 Å². The van der Waals surface area contributed by atoms with Crippen LogP contribution in [0.25, 0.3) is 16.3 Å². The fourth-order valence-corrected chi connectivity index (χ4v) is 4.41. The molecule has 4 aromatic carbocycles. The van der Waals surface area contributed by atoms with Crippen LogP contribution in [-0.2, 0) is 9.59 Å². The van der Waals surface area contributed by atoms with Crippen molar-refractivity contribution in [3.8, 4) is 5.75 Å². The van der Waals surface area contributed by atoms with Crippen molar-refractivity contribution in [3.63, 3.8) is 0 Å². The lowest BCUT2D eigenvalue weighted by Gasteiger charge is -2.19. The maximum Gasteiger partial charge on any atom is 0.282 e. The third kappa shape index (κ3) is 3.42. The molecule has 0 aliphatic carbocycles. The SMILES string of the molecule is COc1ccccc1C1=C(Nc2cccc3ccccc23)C(=O)N(c2cccc(C)c2C)C1=O. The van der Waals surface area contributed by atoms with Gasteiger partial charge in [-0.3, -0.25) is 9.59 Å². The summed E-state index contributed by atoms with van der Waals surface area (Å²) in [5, 5.41) is 5.31. The van der Waals surface area contributed by atoms with E-state index in [0.29, 0.717) is 17.0 Å². The van der Waals surface area contributed by atoms with Crippen LogP contribution >= 0.6 is 0 Å². The monoisotopic (exact) mass is 448 g/mol. The van der Waals surface area contributed by atoms with Gasteiger partial charge in [-0.25, -0.2) is 4.90 Å². The summed E-state index contributed by atoms with van der Waals surface area (Å²) in [4.78, 5) is 29.0. The van der Waals surface area contributed by atoms with Crippen molar-refractivity contribution in [1.29, 1.82) is 0 Å². The number of rotatable bonds is 5. The van der Waals surface area contributed by atoms with Crippen molar-refractivity contribution < 1.29 is 14.3 Å². The van der Waals surface area contributed by atoms with E-state index < -0.39 is 5.91 Å². The number of fused-ring (bicyclic) bond motifs is 1. The highest BCUT2D eigenvalue weighted by Gasteiger charge is 2.42. The zero-order chi connectivity index (χ0) is 23.8. The van der Waals surface area contributed by atoms with Crippen LogP contribution in [0.3, 0.4) is 0 Å². The molecule has 1 N–H and O–H groups in total. The molecule has 5 nitrogen and oxygen atoms in total. The second-order valence-electron chi connectivity index (χ2n) is 8.27. The standard InChI is InChI=1S/C29H24N2O3/c1-18-10-8-16-24(19(18)2)31-28(32)26(22-14-6-7-17-25(22)34-3)27(29(31)33)30-23-15-9-12-20-11-4-5-13-21(20)23/h4-17,30H,1-3H3. The van der Waals surface area contributed by atoms with Crippen LogP contribution in [0.2, 0.25) is 0 Å². The van der Waals surface area contributed by atoms with Gasteiger partial charge in [0.25, 0.3) is 11.8 Å². The minimum absolute atomic E-state index is 0.228. The molecule has 0 spiro atoms. The van der Waals surface area contributed by atoms with E-state index in [1.54, 1.807) is 25.3 Å². The third-order valence-electron chi connectivity index (χ3n) is 6.33.